The Morgan fingerprint density at radius 1 is 1.09 bits per heavy atom. The van der Waals surface area contributed by atoms with Crippen molar-refractivity contribution in [2.75, 3.05) is 0 Å². The molecule has 0 atom stereocenters. The van der Waals surface area contributed by atoms with Gasteiger partial charge in [0.1, 0.15) is 11.5 Å². The maximum Gasteiger partial charge on any atom is 0.181 e. The van der Waals surface area contributed by atoms with E-state index in [1.54, 1.807) is 17.5 Å². The van der Waals surface area contributed by atoms with E-state index < -0.39 is 0 Å². The Morgan fingerprint density at radius 2 is 1.97 bits per heavy atom. The highest BCUT2D eigenvalue weighted by molar-refractivity contribution is 7.16. The minimum absolute atomic E-state index is 0.630. The zero-order chi connectivity index (χ0) is 22.7. The van der Waals surface area contributed by atoms with Crippen LogP contribution in [0.3, 0.4) is 0 Å². The van der Waals surface area contributed by atoms with Gasteiger partial charge in [0.15, 0.2) is 17.1 Å². The minimum atomic E-state index is 0.630. The van der Waals surface area contributed by atoms with E-state index >= 15 is 0 Å². The van der Waals surface area contributed by atoms with Crippen molar-refractivity contribution in [1.82, 2.24) is 39.7 Å². The summed E-state index contributed by atoms with van der Waals surface area (Å²) in [5, 5.41) is 8.37. The van der Waals surface area contributed by atoms with Crippen LogP contribution in [0.2, 0.25) is 0 Å². The first kappa shape index (κ1) is 19.6. The number of H-pyrrole nitrogens is 2. The van der Waals surface area contributed by atoms with Crippen LogP contribution in [0.25, 0.3) is 61.0 Å². The molecule has 0 spiro atoms. The standard InChI is InChI=1S/C24H20N8S/c1-12(2)18-5-6-19(33-18)15-7-8-25-23-20(15)28-24(29-23)21-16-9-14(10-27-22(16)31-30-21)17-11-26-13(3)32(17)4/h5-11H,1H2,2-4H3,(H,25,28,29)(H,27,30,31). The second-order valence-corrected chi connectivity index (χ2v) is 9.11. The van der Waals surface area contributed by atoms with Crippen molar-refractivity contribution in [3.05, 3.63) is 60.1 Å². The van der Waals surface area contributed by atoms with E-state index in [1.807, 2.05) is 43.9 Å². The summed E-state index contributed by atoms with van der Waals surface area (Å²) in [5.41, 5.74) is 7.02. The molecule has 0 radical (unpaired) electrons. The lowest BCUT2D eigenvalue weighted by atomic mass is 10.1. The minimum Gasteiger partial charge on any atom is -0.335 e. The number of rotatable bonds is 4. The van der Waals surface area contributed by atoms with Gasteiger partial charge in [-0.2, -0.15) is 5.10 Å². The third-order valence-corrected chi connectivity index (χ3v) is 7.13. The van der Waals surface area contributed by atoms with E-state index in [0.717, 1.165) is 49.7 Å². The molecule has 0 saturated carbocycles. The molecule has 0 saturated heterocycles. The largest absolute Gasteiger partial charge is 0.335 e. The Morgan fingerprint density at radius 3 is 2.73 bits per heavy atom. The number of aromatic nitrogens is 8. The van der Waals surface area contributed by atoms with Crippen molar-refractivity contribution in [2.24, 2.45) is 7.05 Å². The SMILES string of the molecule is C=C(C)c1ccc(-c2ccnc3nc(-c4[nH]nc5ncc(-c6cnc(C)n6C)cc45)[nH]c23)s1. The zero-order valence-corrected chi connectivity index (χ0v) is 19.2. The molecular weight excluding hydrogens is 432 g/mol. The van der Waals surface area contributed by atoms with Crippen molar-refractivity contribution in [2.45, 2.75) is 13.8 Å². The molecule has 8 nitrogen and oxygen atoms in total. The molecule has 0 aliphatic carbocycles. The van der Waals surface area contributed by atoms with Gasteiger partial charge in [-0.3, -0.25) is 5.10 Å². The number of thiophene rings is 1. The molecule has 0 aliphatic heterocycles. The number of pyridine rings is 2. The highest BCUT2D eigenvalue weighted by Crippen LogP contribution is 2.36. The van der Waals surface area contributed by atoms with Gasteiger partial charge < -0.3 is 9.55 Å². The summed E-state index contributed by atoms with van der Waals surface area (Å²) in [6.45, 7) is 8.05. The van der Waals surface area contributed by atoms with Gasteiger partial charge in [-0.15, -0.1) is 11.3 Å². The third kappa shape index (κ3) is 3.08. The second-order valence-electron chi connectivity index (χ2n) is 8.03. The van der Waals surface area contributed by atoms with Gasteiger partial charge in [-0.05, 0) is 43.7 Å². The van der Waals surface area contributed by atoms with Crippen molar-refractivity contribution in [3.8, 4) is 33.2 Å². The van der Waals surface area contributed by atoms with E-state index in [9.17, 15) is 0 Å². The Hall–Kier alpha value is -4.11. The van der Waals surface area contributed by atoms with Crippen LogP contribution in [0.5, 0.6) is 0 Å². The van der Waals surface area contributed by atoms with Crippen LogP contribution in [0, 0.1) is 6.92 Å². The molecule has 0 amide bonds. The number of hydrogen-bond donors (Lipinski definition) is 2. The number of fused-ring (bicyclic) bond motifs is 2. The van der Waals surface area contributed by atoms with Crippen LogP contribution in [-0.2, 0) is 7.05 Å². The lowest BCUT2D eigenvalue weighted by Crippen LogP contribution is -1.94. The number of aromatic amines is 2. The first-order valence-corrected chi connectivity index (χ1v) is 11.2. The van der Waals surface area contributed by atoms with E-state index in [2.05, 4.69) is 54.9 Å². The summed E-state index contributed by atoms with van der Waals surface area (Å²) in [6, 6.07) is 8.29. The molecule has 0 bridgehead atoms. The summed E-state index contributed by atoms with van der Waals surface area (Å²) < 4.78 is 2.04. The smallest absolute Gasteiger partial charge is 0.181 e. The van der Waals surface area contributed by atoms with Gasteiger partial charge in [0.25, 0.3) is 0 Å². The van der Waals surface area contributed by atoms with Crippen molar-refractivity contribution < 1.29 is 0 Å². The van der Waals surface area contributed by atoms with Crippen LogP contribution in [0.1, 0.15) is 17.6 Å². The number of allylic oxidation sites excluding steroid dienone is 1. The van der Waals surface area contributed by atoms with Crippen LogP contribution in [-0.4, -0.2) is 39.7 Å². The number of nitrogens with zero attached hydrogens (tertiary/aromatic N) is 6. The first-order valence-electron chi connectivity index (χ1n) is 10.4. The summed E-state index contributed by atoms with van der Waals surface area (Å²) in [6.07, 6.45) is 5.46. The number of imidazole rings is 2. The van der Waals surface area contributed by atoms with Crippen molar-refractivity contribution >= 4 is 39.1 Å². The van der Waals surface area contributed by atoms with E-state index in [4.69, 9.17) is 4.98 Å². The summed E-state index contributed by atoms with van der Waals surface area (Å²) in [5.74, 6) is 1.61. The third-order valence-electron chi connectivity index (χ3n) is 5.85. The monoisotopic (exact) mass is 452 g/mol. The lowest BCUT2D eigenvalue weighted by Gasteiger charge is -2.03. The molecule has 162 valence electrons. The fraction of sp³-hybridized carbons (Fsp3) is 0.125. The van der Waals surface area contributed by atoms with Crippen molar-refractivity contribution in [1.29, 1.82) is 0 Å². The van der Waals surface area contributed by atoms with Gasteiger partial charge in [0.2, 0.25) is 0 Å². The predicted octanol–water partition coefficient (Wildman–Crippen LogP) is 5.37. The lowest BCUT2D eigenvalue weighted by molar-refractivity contribution is 0.865. The van der Waals surface area contributed by atoms with Crippen LogP contribution in [0.4, 0.5) is 0 Å². The average molecular weight is 453 g/mol. The average Bonchev–Trinajstić information content (AvgIpc) is 3.59. The van der Waals surface area contributed by atoms with Crippen LogP contribution in [0.15, 0.2) is 49.4 Å². The van der Waals surface area contributed by atoms with Gasteiger partial charge >= 0.3 is 0 Å². The predicted molar refractivity (Wildman–Crippen MR) is 132 cm³/mol. The van der Waals surface area contributed by atoms with Gasteiger partial charge in [-0.1, -0.05) is 6.58 Å². The molecule has 0 unspecified atom stereocenters. The molecule has 2 N–H and O–H groups in total. The molecule has 0 aromatic carbocycles. The summed E-state index contributed by atoms with van der Waals surface area (Å²) >= 11 is 1.71. The summed E-state index contributed by atoms with van der Waals surface area (Å²) in [4.78, 5) is 24.0. The topological polar surface area (TPSA) is 101 Å². The fourth-order valence-electron chi connectivity index (χ4n) is 3.94. The van der Waals surface area contributed by atoms with Crippen molar-refractivity contribution in [3.63, 3.8) is 0 Å². The Balaban J connectivity index is 1.49. The molecule has 6 rings (SSSR count). The second kappa shape index (κ2) is 7.21. The number of hydrogen-bond acceptors (Lipinski definition) is 6. The van der Waals surface area contributed by atoms with Crippen LogP contribution >= 0.6 is 11.3 Å². The fourth-order valence-corrected chi connectivity index (χ4v) is 4.90. The molecule has 6 heterocycles. The Kier molecular flexibility index (Phi) is 4.27. The first-order chi connectivity index (χ1) is 16.0. The Labute approximate surface area is 193 Å². The molecule has 0 aliphatic rings. The Bertz CT molecular complexity index is 1680. The maximum atomic E-state index is 4.76. The normalized spacial score (nSPS) is 11.6. The van der Waals surface area contributed by atoms with Crippen LogP contribution < -0.4 is 0 Å². The number of nitrogens with one attached hydrogen (secondary N) is 2. The highest BCUT2D eigenvalue weighted by atomic mass is 32.1. The molecule has 0 fully saturated rings. The molecule has 6 aromatic rings. The van der Waals surface area contributed by atoms with Gasteiger partial charge in [0.05, 0.1) is 22.8 Å². The highest BCUT2D eigenvalue weighted by Gasteiger charge is 2.18. The molecule has 6 aromatic heterocycles. The summed E-state index contributed by atoms with van der Waals surface area (Å²) in [7, 11) is 1.99. The number of aryl methyl sites for hydroxylation is 1. The molecule has 33 heavy (non-hydrogen) atoms. The molecule has 9 heteroatoms. The van der Waals surface area contributed by atoms with Gasteiger partial charge in [0, 0.05) is 40.3 Å². The maximum absolute atomic E-state index is 4.76. The zero-order valence-electron chi connectivity index (χ0n) is 18.3. The molecular formula is C24H20N8S. The van der Waals surface area contributed by atoms with E-state index in [-0.39, 0.29) is 0 Å². The quantitative estimate of drug-likeness (QED) is 0.375. The van der Waals surface area contributed by atoms with Gasteiger partial charge in [-0.25, -0.2) is 19.9 Å². The van der Waals surface area contributed by atoms with E-state index in [1.165, 1.54) is 4.88 Å². The van der Waals surface area contributed by atoms with E-state index in [0.29, 0.717) is 17.1 Å².